The average Bonchev–Trinajstić information content (AvgIpc) is 2.89. The number of thiophene rings is 1. The van der Waals surface area contributed by atoms with Gasteiger partial charge in [-0.25, -0.2) is 4.79 Å². The van der Waals surface area contributed by atoms with Crippen LogP contribution < -0.4 is 5.32 Å². The number of carbonyl (C=O) groups is 1. The maximum absolute atomic E-state index is 10.9. The number of aromatic carboxylic acids is 1. The van der Waals surface area contributed by atoms with Gasteiger partial charge in [-0.15, -0.1) is 0 Å². The number of nitro benzene ring substituents is 1. The van der Waals surface area contributed by atoms with E-state index < -0.39 is 10.9 Å². The van der Waals surface area contributed by atoms with Crippen molar-refractivity contribution >= 4 is 28.7 Å². The number of benzene rings is 1. The van der Waals surface area contributed by atoms with Crippen molar-refractivity contribution in [2.24, 2.45) is 0 Å². The minimum absolute atomic E-state index is 0.104. The molecular formula is C12H10N2O4S. The maximum atomic E-state index is 10.9. The Morgan fingerprint density at radius 3 is 2.79 bits per heavy atom. The first-order chi connectivity index (χ1) is 9.08. The predicted molar refractivity (Wildman–Crippen MR) is 71.7 cm³/mol. The lowest BCUT2D eigenvalue weighted by molar-refractivity contribution is -0.384. The standard InChI is InChI=1S/C12H10N2O4S/c15-12(16)9-1-2-10(11(5-9)14(17)18)13-6-8-3-4-19-7-8/h1-5,7,13H,6H2,(H,15,16). The largest absolute Gasteiger partial charge is 0.478 e. The minimum Gasteiger partial charge on any atom is -0.478 e. The fourth-order valence-electron chi connectivity index (χ4n) is 1.56. The fourth-order valence-corrected chi connectivity index (χ4v) is 2.22. The molecule has 0 atom stereocenters. The summed E-state index contributed by atoms with van der Waals surface area (Å²) in [4.78, 5) is 21.1. The number of nitro groups is 1. The Morgan fingerprint density at radius 2 is 2.21 bits per heavy atom. The zero-order chi connectivity index (χ0) is 13.8. The summed E-state index contributed by atoms with van der Waals surface area (Å²) >= 11 is 1.54. The lowest BCUT2D eigenvalue weighted by atomic mass is 10.1. The van der Waals surface area contributed by atoms with Crippen molar-refractivity contribution in [3.05, 3.63) is 56.3 Å². The van der Waals surface area contributed by atoms with Crippen LogP contribution in [0.15, 0.2) is 35.0 Å². The van der Waals surface area contributed by atoms with Crippen LogP contribution in [0.5, 0.6) is 0 Å². The van der Waals surface area contributed by atoms with Crippen molar-refractivity contribution in [1.82, 2.24) is 0 Å². The van der Waals surface area contributed by atoms with Crippen LogP contribution in [0.4, 0.5) is 11.4 Å². The van der Waals surface area contributed by atoms with E-state index in [9.17, 15) is 14.9 Å². The molecule has 0 spiro atoms. The Kier molecular flexibility index (Phi) is 3.76. The molecule has 0 unspecified atom stereocenters. The van der Waals surface area contributed by atoms with Gasteiger partial charge >= 0.3 is 5.97 Å². The topological polar surface area (TPSA) is 92.5 Å². The van der Waals surface area contributed by atoms with Crippen LogP contribution >= 0.6 is 11.3 Å². The highest BCUT2D eigenvalue weighted by molar-refractivity contribution is 7.07. The molecule has 0 saturated carbocycles. The number of hydrogen-bond acceptors (Lipinski definition) is 5. The first-order valence-corrected chi connectivity index (χ1v) is 6.29. The smallest absolute Gasteiger partial charge is 0.335 e. The van der Waals surface area contributed by atoms with Gasteiger partial charge in [0, 0.05) is 12.6 Å². The number of carboxylic acid groups (broad SMARTS) is 1. The highest BCUT2D eigenvalue weighted by Crippen LogP contribution is 2.26. The average molecular weight is 278 g/mol. The first kappa shape index (κ1) is 13.0. The number of nitrogens with zero attached hydrogens (tertiary/aromatic N) is 1. The van der Waals surface area contributed by atoms with Gasteiger partial charge in [-0.1, -0.05) is 0 Å². The Balaban J connectivity index is 2.24. The molecule has 2 N–H and O–H groups in total. The monoisotopic (exact) mass is 278 g/mol. The fraction of sp³-hybridized carbons (Fsp3) is 0.0833. The van der Waals surface area contributed by atoms with Gasteiger partial charge in [0.1, 0.15) is 5.69 Å². The number of rotatable bonds is 5. The molecule has 0 saturated heterocycles. The molecule has 0 radical (unpaired) electrons. The Labute approximate surface area is 112 Å². The second-order valence-electron chi connectivity index (χ2n) is 3.78. The SMILES string of the molecule is O=C(O)c1ccc(NCc2ccsc2)c([N+](=O)[O-])c1. The molecule has 2 rings (SSSR count). The van der Waals surface area contributed by atoms with Crippen molar-refractivity contribution in [3.8, 4) is 0 Å². The van der Waals surface area contributed by atoms with Crippen LogP contribution in [0.1, 0.15) is 15.9 Å². The maximum Gasteiger partial charge on any atom is 0.335 e. The molecule has 6 nitrogen and oxygen atoms in total. The Hall–Kier alpha value is -2.41. The van der Waals surface area contributed by atoms with E-state index in [2.05, 4.69) is 5.32 Å². The van der Waals surface area contributed by atoms with Gasteiger partial charge in [0.2, 0.25) is 0 Å². The molecule has 0 bridgehead atoms. The summed E-state index contributed by atoms with van der Waals surface area (Å²) in [6, 6.07) is 5.71. The molecule has 19 heavy (non-hydrogen) atoms. The molecule has 0 amide bonds. The third-order valence-electron chi connectivity index (χ3n) is 2.50. The van der Waals surface area contributed by atoms with Gasteiger partial charge in [-0.05, 0) is 34.5 Å². The molecule has 1 heterocycles. The van der Waals surface area contributed by atoms with Crippen LogP contribution in [-0.2, 0) is 6.54 Å². The second kappa shape index (κ2) is 5.49. The minimum atomic E-state index is -1.19. The third kappa shape index (κ3) is 3.08. The predicted octanol–water partition coefficient (Wildman–Crippen LogP) is 2.97. The molecule has 1 aromatic heterocycles. The highest BCUT2D eigenvalue weighted by Gasteiger charge is 2.16. The molecule has 98 valence electrons. The van der Waals surface area contributed by atoms with Crippen LogP contribution in [0.3, 0.4) is 0 Å². The van der Waals surface area contributed by atoms with E-state index in [1.807, 2.05) is 16.8 Å². The van der Waals surface area contributed by atoms with E-state index in [1.54, 1.807) is 11.3 Å². The van der Waals surface area contributed by atoms with Gasteiger partial charge in [0.05, 0.1) is 10.5 Å². The number of carboxylic acids is 1. The van der Waals surface area contributed by atoms with Crippen molar-refractivity contribution < 1.29 is 14.8 Å². The lowest BCUT2D eigenvalue weighted by Gasteiger charge is -2.06. The normalized spacial score (nSPS) is 10.1. The van der Waals surface area contributed by atoms with Gasteiger partial charge in [0.15, 0.2) is 0 Å². The number of nitrogens with one attached hydrogen (secondary N) is 1. The summed E-state index contributed by atoms with van der Waals surface area (Å²) in [7, 11) is 0. The zero-order valence-electron chi connectivity index (χ0n) is 9.70. The molecule has 2 aromatic rings. The van der Waals surface area contributed by atoms with Crippen molar-refractivity contribution in [2.45, 2.75) is 6.54 Å². The van der Waals surface area contributed by atoms with E-state index >= 15 is 0 Å². The van der Waals surface area contributed by atoms with E-state index in [4.69, 9.17) is 5.11 Å². The number of hydrogen-bond donors (Lipinski definition) is 2. The van der Waals surface area contributed by atoms with Gasteiger partial charge < -0.3 is 10.4 Å². The third-order valence-corrected chi connectivity index (χ3v) is 3.24. The summed E-state index contributed by atoms with van der Waals surface area (Å²) in [5, 5.41) is 26.5. The highest BCUT2D eigenvalue weighted by atomic mass is 32.1. The summed E-state index contributed by atoms with van der Waals surface area (Å²) in [6.45, 7) is 0.455. The van der Waals surface area contributed by atoms with Crippen molar-refractivity contribution in [1.29, 1.82) is 0 Å². The van der Waals surface area contributed by atoms with Crippen LogP contribution in [0.25, 0.3) is 0 Å². The van der Waals surface area contributed by atoms with Crippen LogP contribution in [-0.4, -0.2) is 16.0 Å². The molecular weight excluding hydrogens is 268 g/mol. The van der Waals surface area contributed by atoms with Crippen LogP contribution in [0, 0.1) is 10.1 Å². The molecule has 0 fully saturated rings. The van der Waals surface area contributed by atoms with E-state index in [0.717, 1.165) is 11.6 Å². The molecule has 0 aliphatic rings. The lowest BCUT2D eigenvalue weighted by Crippen LogP contribution is -2.04. The van der Waals surface area contributed by atoms with E-state index in [1.165, 1.54) is 12.1 Å². The first-order valence-electron chi connectivity index (χ1n) is 5.34. The molecule has 0 aliphatic carbocycles. The van der Waals surface area contributed by atoms with Crippen molar-refractivity contribution in [3.63, 3.8) is 0 Å². The van der Waals surface area contributed by atoms with E-state index in [-0.39, 0.29) is 11.3 Å². The summed E-state index contributed by atoms with van der Waals surface area (Å²) < 4.78 is 0. The van der Waals surface area contributed by atoms with Crippen molar-refractivity contribution in [2.75, 3.05) is 5.32 Å². The summed E-state index contributed by atoms with van der Waals surface area (Å²) in [5.41, 5.74) is 0.978. The second-order valence-corrected chi connectivity index (χ2v) is 4.56. The molecule has 0 aliphatic heterocycles. The van der Waals surface area contributed by atoms with E-state index in [0.29, 0.717) is 12.2 Å². The molecule has 1 aromatic carbocycles. The van der Waals surface area contributed by atoms with Gasteiger partial charge in [0.25, 0.3) is 5.69 Å². The summed E-state index contributed by atoms with van der Waals surface area (Å²) in [5.74, 6) is -1.19. The Bertz CT molecular complexity index is 610. The van der Waals surface area contributed by atoms with Gasteiger partial charge in [-0.3, -0.25) is 10.1 Å². The quantitative estimate of drug-likeness (QED) is 0.648. The number of anilines is 1. The van der Waals surface area contributed by atoms with Gasteiger partial charge in [-0.2, -0.15) is 11.3 Å². The Morgan fingerprint density at radius 1 is 1.42 bits per heavy atom. The molecule has 7 heteroatoms. The summed E-state index contributed by atoms with van der Waals surface area (Å²) in [6.07, 6.45) is 0. The zero-order valence-corrected chi connectivity index (χ0v) is 10.5. The van der Waals surface area contributed by atoms with Crippen LogP contribution in [0.2, 0.25) is 0 Å².